The molecular formula is C13H19NO5S2. The predicted octanol–water partition coefficient (Wildman–Crippen LogP) is 0.893. The predicted molar refractivity (Wildman–Crippen MR) is 79.6 cm³/mol. The smallest absolute Gasteiger partial charge is 0.214 e. The van der Waals surface area contributed by atoms with Crippen LogP contribution in [0.1, 0.15) is 13.3 Å². The van der Waals surface area contributed by atoms with Crippen LogP contribution < -0.4 is 4.74 Å². The summed E-state index contributed by atoms with van der Waals surface area (Å²) in [7, 11) is -5.30. The van der Waals surface area contributed by atoms with E-state index >= 15 is 0 Å². The summed E-state index contributed by atoms with van der Waals surface area (Å²) in [5.41, 5.74) is 0. The molecule has 0 spiro atoms. The summed E-state index contributed by atoms with van der Waals surface area (Å²) in [6.07, 6.45) is 0.523. The van der Waals surface area contributed by atoms with Crippen molar-refractivity contribution >= 4 is 19.9 Å². The Morgan fingerprint density at radius 3 is 2.19 bits per heavy atom. The molecule has 1 aromatic carbocycles. The molecule has 0 aromatic heterocycles. The van der Waals surface area contributed by atoms with Gasteiger partial charge in [0.1, 0.15) is 5.75 Å². The van der Waals surface area contributed by atoms with Crippen LogP contribution in [-0.4, -0.2) is 52.3 Å². The van der Waals surface area contributed by atoms with Crippen LogP contribution in [0.3, 0.4) is 0 Å². The Labute approximate surface area is 125 Å². The summed E-state index contributed by atoms with van der Waals surface area (Å²) in [5, 5.41) is -0.669. The van der Waals surface area contributed by atoms with Gasteiger partial charge in [-0.1, -0.05) is 6.92 Å². The number of methoxy groups -OCH3 is 1. The highest BCUT2D eigenvalue weighted by Gasteiger charge is 2.43. The normalized spacial score (nSPS) is 17.4. The van der Waals surface area contributed by atoms with E-state index in [0.717, 1.165) is 0 Å². The molecule has 118 valence electrons. The largest absolute Gasteiger partial charge is 0.497 e. The molecule has 1 aliphatic heterocycles. The maximum Gasteiger partial charge on any atom is 0.214 e. The zero-order valence-electron chi connectivity index (χ0n) is 12.0. The summed E-state index contributed by atoms with van der Waals surface area (Å²) in [6, 6.07) is 6.13. The Kier molecular flexibility index (Phi) is 4.60. The van der Waals surface area contributed by atoms with Crippen molar-refractivity contribution in [2.24, 2.45) is 0 Å². The zero-order valence-corrected chi connectivity index (χ0v) is 13.7. The Morgan fingerprint density at radius 2 is 1.71 bits per heavy atom. The number of rotatable bonds is 6. The van der Waals surface area contributed by atoms with Crippen molar-refractivity contribution in [3.05, 3.63) is 24.3 Å². The van der Waals surface area contributed by atoms with Crippen molar-refractivity contribution in [2.75, 3.05) is 26.0 Å². The van der Waals surface area contributed by atoms with E-state index < -0.39 is 25.1 Å². The van der Waals surface area contributed by atoms with Crippen molar-refractivity contribution in [2.45, 2.75) is 23.5 Å². The van der Waals surface area contributed by atoms with Crippen LogP contribution in [-0.2, 0) is 19.9 Å². The van der Waals surface area contributed by atoms with Crippen molar-refractivity contribution in [3.8, 4) is 5.75 Å². The van der Waals surface area contributed by atoms with Crippen molar-refractivity contribution in [1.82, 2.24) is 4.31 Å². The number of benzene rings is 1. The lowest BCUT2D eigenvalue weighted by Gasteiger charge is -2.37. The Bertz CT molecular complexity index is 689. The van der Waals surface area contributed by atoms with Gasteiger partial charge in [0.2, 0.25) is 10.0 Å². The van der Waals surface area contributed by atoms with Crippen LogP contribution in [0.4, 0.5) is 0 Å². The molecule has 0 bridgehead atoms. The van der Waals surface area contributed by atoms with E-state index in [4.69, 9.17) is 4.74 Å². The van der Waals surface area contributed by atoms with Crippen molar-refractivity contribution in [1.29, 1.82) is 0 Å². The second kappa shape index (κ2) is 5.94. The van der Waals surface area contributed by atoms with E-state index in [2.05, 4.69) is 0 Å². The van der Waals surface area contributed by atoms with Gasteiger partial charge in [0, 0.05) is 13.1 Å². The molecule has 1 aromatic rings. The molecule has 0 atom stereocenters. The Morgan fingerprint density at radius 1 is 1.14 bits per heavy atom. The number of sulfone groups is 1. The van der Waals surface area contributed by atoms with E-state index in [1.165, 1.54) is 23.5 Å². The molecule has 0 unspecified atom stereocenters. The molecule has 0 amide bonds. The zero-order chi connectivity index (χ0) is 15.7. The van der Waals surface area contributed by atoms with Crippen LogP contribution in [0.15, 0.2) is 29.2 Å². The van der Waals surface area contributed by atoms with Gasteiger partial charge in [0.25, 0.3) is 0 Å². The van der Waals surface area contributed by atoms with Crippen LogP contribution in [0.2, 0.25) is 0 Å². The molecule has 1 aliphatic rings. The maximum absolute atomic E-state index is 12.4. The van der Waals surface area contributed by atoms with E-state index in [-0.39, 0.29) is 23.7 Å². The third-order valence-electron chi connectivity index (χ3n) is 3.50. The molecule has 0 radical (unpaired) electrons. The Balaban J connectivity index is 2.09. The first-order valence-corrected chi connectivity index (χ1v) is 9.82. The summed E-state index contributed by atoms with van der Waals surface area (Å²) < 4.78 is 54.6. The number of hydrogen-bond donors (Lipinski definition) is 0. The van der Waals surface area contributed by atoms with Gasteiger partial charge in [-0.3, -0.25) is 0 Å². The standard InChI is InChI=1S/C13H19NO5S2/c1-3-8-20(15,16)14-9-13(10-14)21(17,18)12-6-4-11(19-2)5-7-12/h4-7,13H,3,8-10H2,1-2H3. The number of ether oxygens (including phenoxy) is 1. The molecule has 0 aliphatic carbocycles. The highest BCUT2D eigenvalue weighted by molar-refractivity contribution is 7.92. The molecule has 1 heterocycles. The minimum atomic E-state index is -3.50. The van der Waals surface area contributed by atoms with Crippen molar-refractivity contribution < 1.29 is 21.6 Å². The number of sulfonamides is 1. The van der Waals surface area contributed by atoms with Gasteiger partial charge in [-0.2, -0.15) is 4.31 Å². The minimum absolute atomic E-state index is 0.0384. The third-order valence-corrected chi connectivity index (χ3v) is 7.61. The van der Waals surface area contributed by atoms with Gasteiger partial charge >= 0.3 is 0 Å². The lowest BCUT2D eigenvalue weighted by Crippen LogP contribution is -2.57. The van der Waals surface area contributed by atoms with Gasteiger partial charge in [0.05, 0.1) is 23.0 Å². The van der Waals surface area contributed by atoms with E-state index in [0.29, 0.717) is 12.2 Å². The molecule has 6 nitrogen and oxygen atoms in total. The first-order chi connectivity index (χ1) is 9.81. The fourth-order valence-corrected chi connectivity index (χ4v) is 5.60. The molecule has 21 heavy (non-hydrogen) atoms. The average Bonchev–Trinajstić information content (AvgIpc) is 2.36. The molecular weight excluding hydrogens is 314 g/mol. The molecule has 2 rings (SSSR count). The second-order valence-electron chi connectivity index (χ2n) is 4.98. The highest BCUT2D eigenvalue weighted by Crippen LogP contribution is 2.27. The lowest BCUT2D eigenvalue weighted by molar-refractivity contribution is 0.309. The topological polar surface area (TPSA) is 80.8 Å². The van der Waals surface area contributed by atoms with Gasteiger partial charge in [-0.05, 0) is 30.7 Å². The Hall–Kier alpha value is -1.12. The average molecular weight is 333 g/mol. The van der Waals surface area contributed by atoms with Crippen LogP contribution in [0, 0.1) is 0 Å². The van der Waals surface area contributed by atoms with Gasteiger partial charge in [-0.15, -0.1) is 0 Å². The maximum atomic E-state index is 12.4. The summed E-state index contributed by atoms with van der Waals surface area (Å²) in [5.74, 6) is 0.636. The highest BCUT2D eigenvalue weighted by atomic mass is 32.2. The van der Waals surface area contributed by atoms with E-state index in [9.17, 15) is 16.8 Å². The first kappa shape index (κ1) is 16.3. The third kappa shape index (κ3) is 3.22. The SMILES string of the molecule is CCCS(=O)(=O)N1CC(S(=O)(=O)c2ccc(OC)cc2)C1. The van der Waals surface area contributed by atoms with Gasteiger partial charge < -0.3 is 4.74 Å². The molecule has 1 fully saturated rings. The van der Waals surface area contributed by atoms with Gasteiger partial charge in [-0.25, -0.2) is 16.8 Å². The van der Waals surface area contributed by atoms with Crippen LogP contribution >= 0.6 is 0 Å². The van der Waals surface area contributed by atoms with E-state index in [1.54, 1.807) is 19.1 Å². The van der Waals surface area contributed by atoms with Crippen molar-refractivity contribution in [3.63, 3.8) is 0 Å². The molecule has 0 N–H and O–H groups in total. The lowest BCUT2D eigenvalue weighted by atomic mass is 10.3. The second-order valence-corrected chi connectivity index (χ2v) is 9.29. The molecule has 1 saturated heterocycles. The van der Waals surface area contributed by atoms with Crippen LogP contribution in [0.5, 0.6) is 5.75 Å². The van der Waals surface area contributed by atoms with Crippen LogP contribution in [0.25, 0.3) is 0 Å². The number of nitrogens with zero attached hydrogens (tertiary/aromatic N) is 1. The molecule has 0 saturated carbocycles. The van der Waals surface area contributed by atoms with Gasteiger partial charge in [0.15, 0.2) is 9.84 Å². The minimum Gasteiger partial charge on any atom is -0.497 e. The fourth-order valence-electron chi connectivity index (χ4n) is 2.17. The van der Waals surface area contributed by atoms with E-state index in [1.807, 2.05) is 0 Å². The summed E-state index contributed by atoms with van der Waals surface area (Å²) in [6.45, 7) is 1.86. The summed E-state index contributed by atoms with van der Waals surface area (Å²) >= 11 is 0. The quantitative estimate of drug-likeness (QED) is 0.772. The number of hydrogen-bond acceptors (Lipinski definition) is 5. The summed E-state index contributed by atoms with van der Waals surface area (Å²) in [4.78, 5) is 0.195. The first-order valence-electron chi connectivity index (χ1n) is 6.67. The monoisotopic (exact) mass is 333 g/mol. The molecule has 8 heteroatoms. The fraction of sp³-hybridized carbons (Fsp3) is 0.538.